The summed E-state index contributed by atoms with van der Waals surface area (Å²) in [5.41, 5.74) is 0. The van der Waals surface area contributed by atoms with Crippen molar-refractivity contribution >= 4 is 15.9 Å². The predicted molar refractivity (Wildman–Crippen MR) is 80.7 cm³/mol. The number of furan rings is 1. The molecule has 1 aromatic heterocycles. The molecular weight excluding hydrogens is 324 g/mol. The van der Waals surface area contributed by atoms with Gasteiger partial charge in [-0.25, -0.2) is 13.1 Å². The molecule has 1 aliphatic carbocycles. The number of ether oxygens (including phenoxy) is 2. The molecule has 0 bridgehead atoms. The van der Waals surface area contributed by atoms with Gasteiger partial charge in [-0.3, -0.25) is 4.79 Å². The van der Waals surface area contributed by atoms with E-state index in [0.29, 0.717) is 13.2 Å². The zero-order valence-electron chi connectivity index (χ0n) is 12.9. The third kappa shape index (κ3) is 3.36. The Morgan fingerprint density at radius 2 is 2.17 bits per heavy atom. The fourth-order valence-electron chi connectivity index (χ4n) is 3.18. The Morgan fingerprint density at radius 3 is 2.87 bits per heavy atom. The predicted octanol–water partition coefficient (Wildman–Crippen LogP) is 0.113. The number of rotatable bonds is 6. The Hall–Kier alpha value is -1.58. The summed E-state index contributed by atoms with van der Waals surface area (Å²) in [4.78, 5) is 12.3. The lowest BCUT2D eigenvalue weighted by atomic mass is 9.72. The first-order chi connectivity index (χ1) is 10.9. The largest absolute Gasteiger partial charge is 0.465 e. The van der Waals surface area contributed by atoms with E-state index >= 15 is 0 Å². The minimum Gasteiger partial charge on any atom is -0.465 e. The van der Waals surface area contributed by atoms with Crippen LogP contribution in [0.1, 0.15) is 23.9 Å². The van der Waals surface area contributed by atoms with Crippen molar-refractivity contribution in [2.45, 2.75) is 31.5 Å². The number of carbonyl (C=O) groups excluding carboxylic acids is 1. The first-order valence-corrected chi connectivity index (χ1v) is 9.40. The molecule has 1 saturated carbocycles. The van der Waals surface area contributed by atoms with Gasteiger partial charge in [-0.05, 0) is 19.4 Å². The quantitative estimate of drug-likeness (QED) is 0.759. The van der Waals surface area contributed by atoms with Crippen LogP contribution in [0.4, 0.5) is 0 Å². The topological polar surface area (TPSA) is 107 Å². The van der Waals surface area contributed by atoms with Crippen molar-refractivity contribution in [1.29, 1.82) is 0 Å². The normalized spacial score (nSPS) is 29.7. The van der Waals surface area contributed by atoms with Gasteiger partial charge in [-0.2, -0.15) is 0 Å². The average molecular weight is 344 g/mol. The van der Waals surface area contributed by atoms with Crippen LogP contribution in [0.2, 0.25) is 0 Å². The van der Waals surface area contributed by atoms with Crippen molar-refractivity contribution in [2.75, 3.05) is 19.5 Å². The lowest BCUT2D eigenvalue weighted by Crippen LogP contribution is -2.70. The second-order valence-corrected chi connectivity index (χ2v) is 7.53. The van der Waals surface area contributed by atoms with Crippen molar-refractivity contribution in [1.82, 2.24) is 10.0 Å². The number of hydrogen-bond acceptors (Lipinski definition) is 6. The SMILES string of the molecule is CCOc1ccc(C(=O)N[C@H]2[C@H]3CCO[C@H]3[C@@H]2NS(C)(=O)=O)o1. The molecule has 8 nitrogen and oxygen atoms in total. The first-order valence-electron chi connectivity index (χ1n) is 7.51. The summed E-state index contributed by atoms with van der Waals surface area (Å²) in [6.45, 7) is 2.83. The van der Waals surface area contributed by atoms with Crippen molar-refractivity contribution in [3.8, 4) is 5.95 Å². The van der Waals surface area contributed by atoms with Crippen molar-refractivity contribution < 1.29 is 27.1 Å². The van der Waals surface area contributed by atoms with Crippen LogP contribution < -0.4 is 14.8 Å². The van der Waals surface area contributed by atoms with Gasteiger partial charge in [0.05, 0.1) is 31.1 Å². The van der Waals surface area contributed by atoms with Gasteiger partial charge in [0.2, 0.25) is 10.0 Å². The maximum atomic E-state index is 12.3. The highest BCUT2D eigenvalue weighted by molar-refractivity contribution is 7.88. The van der Waals surface area contributed by atoms with Crippen molar-refractivity contribution in [3.63, 3.8) is 0 Å². The Morgan fingerprint density at radius 1 is 1.39 bits per heavy atom. The number of nitrogens with one attached hydrogen (secondary N) is 2. The third-order valence-electron chi connectivity index (χ3n) is 4.13. The van der Waals surface area contributed by atoms with Gasteiger partial charge in [0.1, 0.15) is 0 Å². The Kier molecular flexibility index (Phi) is 4.35. The maximum Gasteiger partial charge on any atom is 0.287 e. The highest BCUT2D eigenvalue weighted by Gasteiger charge is 2.55. The number of carbonyl (C=O) groups is 1. The van der Waals surface area contributed by atoms with Gasteiger partial charge < -0.3 is 19.2 Å². The fourth-order valence-corrected chi connectivity index (χ4v) is 3.95. The van der Waals surface area contributed by atoms with E-state index in [9.17, 15) is 13.2 Å². The third-order valence-corrected chi connectivity index (χ3v) is 4.83. The highest BCUT2D eigenvalue weighted by Crippen LogP contribution is 2.39. The van der Waals surface area contributed by atoms with Gasteiger partial charge in [-0.15, -0.1) is 0 Å². The van der Waals surface area contributed by atoms with E-state index in [1.165, 1.54) is 6.07 Å². The molecule has 2 N–H and O–H groups in total. The van der Waals surface area contributed by atoms with Crippen LogP contribution in [0.3, 0.4) is 0 Å². The van der Waals surface area contributed by atoms with Crippen LogP contribution in [0, 0.1) is 5.92 Å². The van der Waals surface area contributed by atoms with Crippen LogP contribution in [0.5, 0.6) is 5.95 Å². The summed E-state index contributed by atoms with van der Waals surface area (Å²) in [6, 6.07) is 2.33. The minimum absolute atomic E-state index is 0.111. The molecule has 2 fully saturated rings. The molecule has 0 radical (unpaired) electrons. The number of fused-ring (bicyclic) bond motifs is 1. The first kappa shape index (κ1) is 16.3. The molecular formula is C14H20N2O6S. The Bertz CT molecular complexity index is 685. The summed E-state index contributed by atoms with van der Waals surface area (Å²) in [5.74, 6) is 0.124. The molecule has 1 saturated heterocycles. The number of hydrogen-bond donors (Lipinski definition) is 2. The molecule has 23 heavy (non-hydrogen) atoms. The molecule has 0 aromatic carbocycles. The smallest absolute Gasteiger partial charge is 0.287 e. The minimum atomic E-state index is -3.38. The van der Waals surface area contributed by atoms with Crippen LogP contribution in [-0.4, -0.2) is 52.0 Å². The van der Waals surface area contributed by atoms with Crippen LogP contribution >= 0.6 is 0 Å². The molecule has 1 aliphatic heterocycles. The van der Waals surface area contributed by atoms with Crippen molar-refractivity contribution in [3.05, 3.63) is 17.9 Å². The molecule has 3 rings (SSSR count). The molecule has 2 heterocycles. The summed E-state index contributed by atoms with van der Waals surface area (Å²) in [5, 5.41) is 2.84. The van der Waals surface area contributed by atoms with E-state index in [2.05, 4.69) is 10.0 Å². The molecule has 128 valence electrons. The second-order valence-electron chi connectivity index (χ2n) is 5.75. The molecule has 4 atom stereocenters. The van der Waals surface area contributed by atoms with Crippen LogP contribution in [-0.2, 0) is 14.8 Å². The summed E-state index contributed by atoms with van der Waals surface area (Å²) >= 11 is 0. The van der Waals surface area contributed by atoms with Gasteiger partial charge >= 0.3 is 0 Å². The highest BCUT2D eigenvalue weighted by atomic mass is 32.2. The van der Waals surface area contributed by atoms with E-state index in [1.807, 2.05) is 6.92 Å². The van der Waals surface area contributed by atoms with E-state index < -0.39 is 22.0 Å². The van der Waals surface area contributed by atoms with Gasteiger partial charge in [0.15, 0.2) is 5.76 Å². The summed E-state index contributed by atoms with van der Waals surface area (Å²) in [7, 11) is -3.38. The zero-order chi connectivity index (χ0) is 16.6. The molecule has 0 unspecified atom stereocenters. The number of sulfonamides is 1. The lowest BCUT2D eigenvalue weighted by molar-refractivity contribution is -0.0197. The monoisotopic (exact) mass is 344 g/mol. The van der Waals surface area contributed by atoms with Gasteiger partial charge in [-0.1, -0.05) is 0 Å². The van der Waals surface area contributed by atoms with Gasteiger partial charge in [0.25, 0.3) is 11.9 Å². The molecule has 9 heteroatoms. The summed E-state index contributed by atoms with van der Waals surface area (Å²) < 4.78 is 41.5. The van der Waals surface area contributed by atoms with E-state index in [1.54, 1.807) is 6.07 Å². The van der Waals surface area contributed by atoms with E-state index in [4.69, 9.17) is 13.9 Å². The van der Waals surface area contributed by atoms with E-state index in [0.717, 1.165) is 12.7 Å². The summed E-state index contributed by atoms with van der Waals surface area (Å²) in [6.07, 6.45) is 1.69. The molecule has 1 aromatic rings. The zero-order valence-corrected chi connectivity index (χ0v) is 13.8. The van der Waals surface area contributed by atoms with E-state index in [-0.39, 0.29) is 29.8 Å². The average Bonchev–Trinajstić information content (AvgIpc) is 3.09. The standard InChI is InChI=1S/C14H20N2O6S/c1-3-20-10-5-4-9(22-10)14(17)15-11-8-6-7-21-13(8)12(11)16-23(2,18)19/h4-5,8,11-13,16H,3,6-7H2,1-2H3,(H,15,17)/t8-,11+,12-,13-/m1/s1. The van der Waals surface area contributed by atoms with Crippen LogP contribution in [0.15, 0.2) is 16.5 Å². The lowest BCUT2D eigenvalue weighted by Gasteiger charge is -2.47. The molecule has 0 spiro atoms. The van der Waals surface area contributed by atoms with Crippen LogP contribution in [0.25, 0.3) is 0 Å². The molecule has 1 amide bonds. The Labute approximate surface area is 134 Å². The van der Waals surface area contributed by atoms with Gasteiger partial charge in [0, 0.05) is 18.6 Å². The molecule has 2 aliphatic rings. The second kappa shape index (κ2) is 6.14. The number of amides is 1. The maximum absolute atomic E-state index is 12.3. The fraction of sp³-hybridized carbons (Fsp3) is 0.643. The Balaban J connectivity index is 1.68. The van der Waals surface area contributed by atoms with Crippen molar-refractivity contribution in [2.24, 2.45) is 5.92 Å².